The summed E-state index contributed by atoms with van der Waals surface area (Å²) in [5.74, 6) is 5.60. The molecule has 0 saturated carbocycles. The van der Waals surface area contributed by atoms with Gasteiger partial charge in [0.2, 0.25) is 0 Å². The van der Waals surface area contributed by atoms with Gasteiger partial charge >= 0.3 is 0 Å². The van der Waals surface area contributed by atoms with E-state index in [4.69, 9.17) is 5.11 Å². The third kappa shape index (κ3) is 3.17. The number of nitrogens with zero attached hydrogens (tertiary/aromatic N) is 1. The fourth-order valence-electron chi connectivity index (χ4n) is 1.27. The van der Waals surface area contributed by atoms with Gasteiger partial charge in [0.15, 0.2) is 0 Å². The number of pyridine rings is 1. The number of aliphatic hydroxyl groups is 1. The van der Waals surface area contributed by atoms with Crippen molar-refractivity contribution >= 4 is 23.1 Å². The lowest BCUT2D eigenvalue weighted by molar-refractivity contribution is 0.103. The molecule has 18 heavy (non-hydrogen) atoms. The fraction of sp³-hybridized carbons (Fsp3) is 0.0769. The number of aromatic nitrogens is 1. The second kappa shape index (κ2) is 5.96. The molecule has 2 aromatic rings. The average Bonchev–Trinajstić information content (AvgIpc) is 2.86. The van der Waals surface area contributed by atoms with Crippen LogP contribution < -0.4 is 5.32 Å². The van der Waals surface area contributed by atoms with Crippen molar-refractivity contribution in [3.63, 3.8) is 0 Å². The van der Waals surface area contributed by atoms with Crippen LogP contribution in [0.1, 0.15) is 14.5 Å². The number of carbonyl (C=O) groups is 1. The number of anilines is 1. The van der Waals surface area contributed by atoms with E-state index in [2.05, 4.69) is 22.1 Å². The maximum absolute atomic E-state index is 11.9. The Kier molecular flexibility index (Phi) is 4.07. The van der Waals surface area contributed by atoms with Crippen LogP contribution in [0.15, 0.2) is 36.5 Å². The van der Waals surface area contributed by atoms with Gasteiger partial charge in [-0.3, -0.25) is 4.79 Å². The van der Waals surface area contributed by atoms with Crippen molar-refractivity contribution in [2.45, 2.75) is 0 Å². The monoisotopic (exact) mass is 258 g/mol. The van der Waals surface area contributed by atoms with Crippen LogP contribution in [0.2, 0.25) is 0 Å². The molecule has 2 aromatic heterocycles. The highest BCUT2D eigenvalue weighted by atomic mass is 32.1. The summed E-state index contributed by atoms with van der Waals surface area (Å²) in [6.07, 6.45) is 1.61. The Morgan fingerprint density at radius 3 is 3.00 bits per heavy atom. The zero-order valence-electron chi connectivity index (χ0n) is 9.38. The molecule has 4 nitrogen and oxygen atoms in total. The predicted octanol–water partition coefficient (Wildman–Crippen LogP) is 1.74. The summed E-state index contributed by atoms with van der Waals surface area (Å²) >= 11 is 1.28. The highest BCUT2D eigenvalue weighted by Gasteiger charge is 2.08. The summed E-state index contributed by atoms with van der Waals surface area (Å²) in [4.78, 5) is 17.2. The van der Waals surface area contributed by atoms with E-state index in [0.29, 0.717) is 10.7 Å². The lowest BCUT2D eigenvalue weighted by Crippen LogP contribution is -2.10. The molecule has 0 saturated heterocycles. The van der Waals surface area contributed by atoms with E-state index in [-0.39, 0.29) is 12.5 Å². The van der Waals surface area contributed by atoms with Gasteiger partial charge in [-0.25, -0.2) is 4.98 Å². The number of aliphatic hydroxyl groups excluding tert-OH is 1. The van der Waals surface area contributed by atoms with Crippen molar-refractivity contribution in [1.82, 2.24) is 4.98 Å². The van der Waals surface area contributed by atoms with Crippen molar-refractivity contribution in [3.05, 3.63) is 46.3 Å². The molecule has 0 unspecified atom stereocenters. The quantitative estimate of drug-likeness (QED) is 0.806. The summed E-state index contributed by atoms with van der Waals surface area (Å²) in [7, 11) is 0. The fourth-order valence-corrected chi connectivity index (χ4v) is 2.04. The SMILES string of the molecule is O=C(Nc1ccccn1)c1ccc(C#CCO)s1. The van der Waals surface area contributed by atoms with Crippen LogP contribution in [-0.4, -0.2) is 22.6 Å². The lowest BCUT2D eigenvalue weighted by Gasteiger charge is -2.00. The van der Waals surface area contributed by atoms with E-state index in [0.717, 1.165) is 4.88 Å². The first-order valence-corrected chi connectivity index (χ1v) is 6.03. The zero-order valence-corrected chi connectivity index (χ0v) is 10.2. The maximum Gasteiger partial charge on any atom is 0.266 e. The van der Waals surface area contributed by atoms with Crippen molar-refractivity contribution in [3.8, 4) is 11.8 Å². The van der Waals surface area contributed by atoms with Crippen LogP contribution >= 0.6 is 11.3 Å². The molecule has 0 aromatic carbocycles. The van der Waals surface area contributed by atoms with Gasteiger partial charge in [0, 0.05) is 6.20 Å². The summed E-state index contributed by atoms with van der Waals surface area (Å²) < 4.78 is 0. The molecule has 0 aliphatic carbocycles. The van der Waals surface area contributed by atoms with Gasteiger partial charge in [-0.05, 0) is 24.3 Å². The summed E-state index contributed by atoms with van der Waals surface area (Å²) in [5.41, 5.74) is 0. The average molecular weight is 258 g/mol. The normalized spacial score (nSPS) is 9.39. The molecule has 2 heterocycles. The minimum absolute atomic E-state index is 0.187. The topological polar surface area (TPSA) is 62.2 Å². The Hall–Kier alpha value is -2.16. The van der Waals surface area contributed by atoms with Crippen LogP contribution in [0.3, 0.4) is 0 Å². The molecule has 5 heteroatoms. The van der Waals surface area contributed by atoms with Gasteiger partial charge in [0.25, 0.3) is 5.91 Å². The highest BCUT2D eigenvalue weighted by molar-refractivity contribution is 7.14. The molecule has 2 N–H and O–H groups in total. The molecular formula is C13H10N2O2S. The van der Waals surface area contributed by atoms with Gasteiger partial charge < -0.3 is 10.4 Å². The van der Waals surface area contributed by atoms with Gasteiger partial charge in [-0.2, -0.15) is 0 Å². The molecule has 0 radical (unpaired) electrons. The Morgan fingerprint density at radius 1 is 1.39 bits per heavy atom. The number of thiophene rings is 1. The van der Waals surface area contributed by atoms with Crippen molar-refractivity contribution in [2.24, 2.45) is 0 Å². The van der Waals surface area contributed by atoms with E-state index >= 15 is 0 Å². The van der Waals surface area contributed by atoms with Crippen LogP contribution in [0.5, 0.6) is 0 Å². The molecule has 1 amide bonds. The molecule has 0 fully saturated rings. The Morgan fingerprint density at radius 2 is 2.28 bits per heavy atom. The molecule has 0 spiro atoms. The van der Waals surface area contributed by atoms with Gasteiger partial charge in [-0.1, -0.05) is 17.9 Å². The molecule has 0 atom stereocenters. The zero-order chi connectivity index (χ0) is 12.8. The van der Waals surface area contributed by atoms with Crippen molar-refractivity contribution in [1.29, 1.82) is 0 Å². The number of amides is 1. The summed E-state index contributed by atoms with van der Waals surface area (Å²) in [6, 6.07) is 8.75. The third-order valence-electron chi connectivity index (χ3n) is 2.03. The van der Waals surface area contributed by atoms with E-state index < -0.39 is 0 Å². The largest absolute Gasteiger partial charge is 0.384 e. The van der Waals surface area contributed by atoms with Crippen molar-refractivity contribution in [2.75, 3.05) is 11.9 Å². The molecule has 2 rings (SSSR count). The number of rotatable bonds is 2. The molecule has 0 aliphatic heterocycles. The first-order valence-electron chi connectivity index (χ1n) is 5.21. The molecular weight excluding hydrogens is 248 g/mol. The molecule has 90 valence electrons. The Bertz CT molecular complexity index is 596. The maximum atomic E-state index is 11.9. The van der Waals surface area contributed by atoms with E-state index in [1.807, 2.05) is 0 Å². The second-order valence-electron chi connectivity index (χ2n) is 3.29. The van der Waals surface area contributed by atoms with Crippen LogP contribution in [0.4, 0.5) is 5.82 Å². The summed E-state index contributed by atoms with van der Waals surface area (Å²) in [5, 5.41) is 11.3. The van der Waals surface area contributed by atoms with Gasteiger partial charge in [0.05, 0.1) is 9.75 Å². The predicted molar refractivity (Wildman–Crippen MR) is 70.5 cm³/mol. The number of nitrogens with one attached hydrogen (secondary N) is 1. The minimum Gasteiger partial charge on any atom is -0.384 e. The lowest BCUT2D eigenvalue weighted by atomic mass is 10.4. The number of hydrogen-bond acceptors (Lipinski definition) is 4. The van der Waals surface area contributed by atoms with E-state index in [9.17, 15) is 4.79 Å². The highest BCUT2D eigenvalue weighted by Crippen LogP contribution is 2.16. The number of carbonyl (C=O) groups excluding carboxylic acids is 1. The van der Waals surface area contributed by atoms with Crippen LogP contribution in [0.25, 0.3) is 0 Å². The van der Waals surface area contributed by atoms with Crippen LogP contribution in [0, 0.1) is 11.8 Å². The first kappa shape index (κ1) is 12.3. The van der Waals surface area contributed by atoms with Gasteiger partial charge in [0.1, 0.15) is 12.4 Å². The Balaban J connectivity index is 2.08. The minimum atomic E-state index is -0.212. The molecule has 0 aliphatic rings. The van der Waals surface area contributed by atoms with E-state index in [1.54, 1.807) is 36.5 Å². The van der Waals surface area contributed by atoms with Crippen LogP contribution in [-0.2, 0) is 0 Å². The number of hydrogen-bond donors (Lipinski definition) is 2. The first-order chi connectivity index (χ1) is 8.79. The van der Waals surface area contributed by atoms with Gasteiger partial charge in [-0.15, -0.1) is 11.3 Å². The smallest absolute Gasteiger partial charge is 0.266 e. The summed E-state index contributed by atoms with van der Waals surface area (Å²) in [6.45, 7) is -0.187. The van der Waals surface area contributed by atoms with E-state index in [1.165, 1.54) is 11.3 Å². The Labute approximate surface area is 108 Å². The second-order valence-corrected chi connectivity index (χ2v) is 4.38. The third-order valence-corrected chi connectivity index (χ3v) is 3.03. The van der Waals surface area contributed by atoms with Crippen molar-refractivity contribution < 1.29 is 9.90 Å². The standard InChI is InChI=1S/C13H10N2O2S/c16-9-3-4-10-6-7-11(18-10)13(17)15-12-5-1-2-8-14-12/h1-2,5-8,16H,9H2,(H,14,15,17). The molecule has 0 bridgehead atoms.